The minimum atomic E-state index is 0.506. The number of furan rings is 1. The van der Waals surface area contributed by atoms with E-state index in [1.54, 1.807) is 0 Å². The van der Waals surface area contributed by atoms with Gasteiger partial charge in [0, 0.05) is 18.2 Å². The Labute approximate surface area is 121 Å². The number of aromatic nitrogens is 2. The van der Waals surface area contributed by atoms with Crippen LogP contribution in [0.3, 0.4) is 0 Å². The summed E-state index contributed by atoms with van der Waals surface area (Å²) in [6.45, 7) is 9.54. The molecule has 0 aliphatic rings. The van der Waals surface area contributed by atoms with Crippen molar-refractivity contribution in [1.29, 1.82) is 0 Å². The van der Waals surface area contributed by atoms with Crippen molar-refractivity contribution < 1.29 is 4.42 Å². The number of hydrogen-bond acceptors (Lipinski definition) is 3. The third-order valence-corrected chi connectivity index (χ3v) is 3.80. The fraction of sp³-hybridized carbons (Fsp3) is 0.562. The van der Waals surface area contributed by atoms with Crippen LogP contribution in [0.5, 0.6) is 0 Å². The van der Waals surface area contributed by atoms with Crippen LogP contribution in [-0.4, -0.2) is 16.2 Å². The lowest BCUT2D eigenvalue weighted by Crippen LogP contribution is -2.27. The predicted octanol–water partition coefficient (Wildman–Crippen LogP) is 3.89. The van der Waals surface area contributed by atoms with Gasteiger partial charge in [-0.15, -0.1) is 0 Å². The van der Waals surface area contributed by atoms with E-state index in [2.05, 4.69) is 36.3 Å². The lowest BCUT2D eigenvalue weighted by Gasteiger charge is -2.17. The van der Waals surface area contributed by atoms with E-state index < -0.39 is 0 Å². The van der Waals surface area contributed by atoms with Crippen LogP contribution in [0, 0.1) is 12.8 Å². The van der Waals surface area contributed by atoms with E-state index in [0.717, 1.165) is 35.2 Å². The quantitative estimate of drug-likeness (QED) is 0.806. The molecule has 0 spiro atoms. The van der Waals surface area contributed by atoms with E-state index in [-0.39, 0.29) is 0 Å². The van der Waals surface area contributed by atoms with Gasteiger partial charge in [-0.1, -0.05) is 20.3 Å². The maximum Gasteiger partial charge on any atom is 0.152 e. The SMILES string of the molecule is CCC(C)CC(C)NCc1cn[nH]c1-c1ccc(C)o1. The van der Waals surface area contributed by atoms with Crippen LogP contribution in [-0.2, 0) is 6.54 Å². The molecule has 2 aromatic heterocycles. The number of aryl methyl sites for hydroxylation is 1. The molecule has 0 bridgehead atoms. The average molecular weight is 275 g/mol. The summed E-state index contributed by atoms with van der Waals surface area (Å²) in [5.41, 5.74) is 2.12. The van der Waals surface area contributed by atoms with Crippen molar-refractivity contribution in [1.82, 2.24) is 15.5 Å². The molecule has 2 unspecified atom stereocenters. The van der Waals surface area contributed by atoms with Crippen molar-refractivity contribution in [3.8, 4) is 11.5 Å². The smallest absolute Gasteiger partial charge is 0.152 e. The van der Waals surface area contributed by atoms with E-state index in [1.165, 1.54) is 12.8 Å². The van der Waals surface area contributed by atoms with Crippen LogP contribution in [0.2, 0.25) is 0 Å². The number of aromatic amines is 1. The van der Waals surface area contributed by atoms with Crippen LogP contribution in [0.15, 0.2) is 22.7 Å². The highest BCUT2D eigenvalue weighted by Crippen LogP contribution is 2.23. The third kappa shape index (κ3) is 3.73. The molecule has 4 nitrogen and oxygen atoms in total. The molecule has 110 valence electrons. The van der Waals surface area contributed by atoms with E-state index in [1.807, 2.05) is 25.3 Å². The summed E-state index contributed by atoms with van der Waals surface area (Å²) in [4.78, 5) is 0. The fourth-order valence-corrected chi connectivity index (χ4v) is 2.37. The molecule has 2 N–H and O–H groups in total. The summed E-state index contributed by atoms with van der Waals surface area (Å²) in [6, 6.07) is 4.46. The molecule has 4 heteroatoms. The molecule has 0 fully saturated rings. The lowest BCUT2D eigenvalue weighted by atomic mass is 10.0. The zero-order valence-electron chi connectivity index (χ0n) is 12.9. The largest absolute Gasteiger partial charge is 0.460 e. The number of H-pyrrole nitrogens is 1. The first-order valence-electron chi connectivity index (χ1n) is 7.42. The molecular weight excluding hydrogens is 250 g/mol. The molecule has 2 rings (SSSR count). The van der Waals surface area contributed by atoms with Crippen molar-refractivity contribution in [3.05, 3.63) is 29.7 Å². The second-order valence-electron chi connectivity index (χ2n) is 5.71. The molecule has 2 heterocycles. The van der Waals surface area contributed by atoms with Gasteiger partial charge in [-0.05, 0) is 38.3 Å². The zero-order valence-corrected chi connectivity index (χ0v) is 12.9. The van der Waals surface area contributed by atoms with Gasteiger partial charge in [0.05, 0.1) is 6.20 Å². The Morgan fingerprint density at radius 3 is 2.80 bits per heavy atom. The van der Waals surface area contributed by atoms with Crippen molar-refractivity contribution in [3.63, 3.8) is 0 Å². The monoisotopic (exact) mass is 275 g/mol. The van der Waals surface area contributed by atoms with Gasteiger partial charge < -0.3 is 9.73 Å². The summed E-state index contributed by atoms with van der Waals surface area (Å²) in [7, 11) is 0. The average Bonchev–Trinajstić information content (AvgIpc) is 3.04. The van der Waals surface area contributed by atoms with Crippen LogP contribution in [0.25, 0.3) is 11.5 Å². The van der Waals surface area contributed by atoms with Gasteiger partial charge in [0.25, 0.3) is 0 Å². The summed E-state index contributed by atoms with van der Waals surface area (Å²) in [5.74, 6) is 2.53. The van der Waals surface area contributed by atoms with Gasteiger partial charge in [0.2, 0.25) is 0 Å². The Morgan fingerprint density at radius 1 is 1.35 bits per heavy atom. The molecule has 0 aliphatic heterocycles. The Hall–Kier alpha value is -1.55. The van der Waals surface area contributed by atoms with Gasteiger partial charge in [-0.2, -0.15) is 5.10 Å². The Balaban J connectivity index is 1.96. The molecule has 0 aliphatic carbocycles. The van der Waals surface area contributed by atoms with Crippen molar-refractivity contribution in [2.75, 3.05) is 0 Å². The highest BCUT2D eigenvalue weighted by molar-refractivity contribution is 5.56. The second kappa shape index (κ2) is 6.75. The van der Waals surface area contributed by atoms with E-state index in [9.17, 15) is 0 Å². The maximum atomic E-state index is 5.66. The predicted molar refractivity (Wildman–Crippen MR) is 81.4 cm³/mol. The maximum absolute atomic E-state index is 5.66. The molecule has 20 heavy (non-hydrogen) atoms. The highest BCUT2D eigenvalue weighted by Gasteiger charge is 2.12. The molecule has 0 aromatic carbocycles. The normalized spacial score (nSPS) is 14.4. The Kier molecular flexibility index (Phi) is 5.01. The Bertz CT molecular complexity index is 529. The summed E-state index contributed by atoms with van der Waals surface area (Å²) >= 11 is 0. The van der Waals surface area contributed by atoms with Gasteiger partial charge in [0.1, 0.15) is 11.5 Å². The molecule has 0 saturated heterocycles. The summed E-state index contributed by atoms with van der Waals surface area (Å²) in [5, 5.41) is 10.7. The first-order valence-corrected chi connectivity index (χ1v) is 7.42. The van der Waals surface area contributed by atoms with E-state index >= 15 is 0 Å². The summed E-state index contributed by atoms with van der Waals surface area (Å²) < 4.78 is 5.66. The fourth-order valence-electron chi connectivity index (χ4n) is 2.37. The molecule has 0 amide bonds. The number of hydrogen-bond donors (Lipinski definition) is 2. The first kappa shape index (κ1) is 14.9. The zero-order chi connectivity index (χ0) is 14.5. The van der Waals surface area contributed by atoms with Gasteiger partial charge in [0.15, 0.2) is 5.76 Å². The lowest BCUT2D eigenvalue weighted by molar-refractivity contribution is 0.412. The first-order chi connectivity index (χ1) is 9.60. The van der Waals surface area contributed by atoms with E-state index in [0.29, 0.717) is 6.04 Å². The number of rotatable bonds is 7. The van der Waals surface area contributed by atoms with E-state index in [4.69, 9.17) is 4.42 Å². The molecule has 2 aromatic rings. The van der Waals surface area contributed by atoms with Crippen molar-refractivity contribution in [2.45, 2.75) is 53.1 Å². The molecule has 0 radical (unpaired) electrons. The number of nitrogens with zero attached hydrogens (tertiary/aromatic N) is 1. The van der Waals surface area contributed by atoms with Gasteiger partial charge in [-0.25, -0.2) is 0 Å². The van der Waals surface area contributed by atoms with Gasteiger partial charge >= 0.3 is 0 Å². The standard InChI is InChI=1S/C16H25N3O/c1-5-11(2)8-12(3)17-9-14-10-18-19-16(14)15-7-6-13(4)20-15/h6-7,10-12,17H,5,8-9H2,1-4H3,(H,18,19). The highest BCUT2D eigenvalue weighted by atomic mass is 16.3. The number of nitrogens with one attached hydrogen (secondary N) is 2. The van der Waals surface area contributed by atoms with Crippen LogP contribution in [0.4, 0.5) is 0 Å². The van der Waals surface area contributed by atoms with Crippen molar-refractivity contribution >= 4 is 0 Å². The second-order valence-corrected chi connectivity index (χ2v) is 5.71. The van der Waals surface area contributed by atoms with Crippen molar-refractivity contribution in [2.24, 2.45) is 5.92 Å². The van der Waals surface area contributed by atoms with Crippen LogP contribution < -0.4 is 5.32 Å². The summed E-state index contributed by atoms with van der Waals surface area (Å²) in [6.07, 6.45) is 4.30. The van der Waals surface area contributed by atoms with Crippen LogP contribution >= 0.6 is 0 Å². The molecule has 2 atom stereocenters. The minimum Gasteiger partial charge on any atom is -0.460 e. The third-order valence-electron chi connectivity index (χ3n) is 3.80. The van der Waals surface area contributed by atoms with Crippen LogP contribution in [0.1, 0.15) is 44.9 Å². The minimum absolute atomic E-state index is 0.506. The Morgan fingerprint density at radius 2 is 2.15 bits per heavy atom. The van der Waals surface area contributed by atoms with Gasteiger partial charge in [-0.3, -0.25) is 5.10 Å². The molecular formula is C16H25N3O. The topological polar surface area (TPSA) is 53.9 Å². The molecule has 0 saturated carbocycles.